The van der Waals surface area contributed by atoms with Gasteiger partial charge in [0.05, 0.1) is 0 Å². The molecule has 3 unspecified atom stereocenters. The molecular weight excluding hydrogens is 248 g/mol. The minimum Gasteiger partial charge on any atom is -0.356 e. The molecule has 1 heterocycles. The standard InChI is InChI=1S/C17H30N2O/c1-13-3-2-4-14(11-13)5-8-19-16(20)15-12-17(15)6-9-18-10-7-17/h13-15,18H,2-12H2,1H3,(H,19,20). The van der Waals surface area contributed by atoms with Crippen LogP contribution in [0.1, 0.15) is 58.3 Å². The van der Waals surface area contributed by atoms with Crippen LogP contribution in [0.25, 0.3) is 0 Å². The van der Waals surface area contributed by atoms with Crippen molar-refractivity contribution in [2.45, 2.75) is 58.3 Å². The lowest BCUT2D eigenvalue weighted by atomic mass is 9.81. The minimum atomic E-state index is 0.329. The molecule has 0 aromatic heterocycles. The highest BCUT2D eigenvalue weighted by atomic mass is 16.2. The van der Waals surface area contributed by atoms with Crippen LogP contribution in [0.15, 0.2) is 0 Å². The number of carbonyl (C=O) groups is 1. The summed E-state index contributed by atoms with van der Waals surface area (Å²) in [6.07, 6.45) is 10.3. The van der Waals surface area contributed by atoms with Crippen LogP contribution in [-0.4, -0.2) is 25.5 Å². The van der Waals surface area contributed by atoms with Crippen molar-refractivity contribution in [3.05, 3.63) is 0 Å². The van der Waals surface area contributed by atoms with Crippen molar-refractivity contribution < 1.29 is 4.79 Å². The Hall–Kier alpha value is -0.570. The number of hydrogen-bond donors (Lipinski definition) is 2. The molecule has 3 nitrogen and oxygen atoms in total. The van der Waals surface area contributed by atoms with Crippen LogP contribution >= 0.6 is 0 Å². The highest BCUT2D eigenvalue weighted by molar-refractivity contribution is 5.82. The van der Waals surface area contributed by atoms with E-state index >= 15 is 0 Å². The van der Waals surface area contributed by atoms with E-state index in [1.165, 1.54) is 44.9 Å². The number of nitrogens with one attached hydrogen (secondary N) is 2. The number of piperidine rings is 1. The Bertz CT molecular complexity index is 349. The third-order valence-corrected chi connectivity index (χ3v) is 6.00. The van der Waals surface area contributed by atoms with Gasteiger partial charge in [-0.2, -0.15) is 0 Å². The first-order valence-electron chi connectivity index (χ1n) is 8.68. The number of carbonyl (C=O) groups excluding carboxylic acids is 1. The van der Waals surface area contributed by atoms with Crippen LogP contribution in [0.2, 0.25) is 0 Å². The first-order valence-corrected chi connectivity index (χ1v) is 8.68. The van der Waals surface area contributed by atoms with E-state index in [2.05, 4.69) is 17.6 Å². The number of amides is 1. The average molecular weight is 278 g/mol. The summed E-state index contributed by atoms with van der Waals surface area (Å²) in [5.41, 5.74) is 0.384. The lowest BCUT2D eigenvalue weighted by Crippen LogP contribution is -2.34. The highest BCUT2D eigenvalue weighted by Gasteiger charge is 2.57. The van der Waals surface area contributed by atoms with Gasteiger partial charge in [-0.15, -0.1) is 0 Å². The van der Waals surface area contributed by atoms with Gasteiger partial charge >= 0.3 is 0 Å². The van der Waals surface area contributed by atoms with Crippen molar-refractivity contribution in [2.24, 2.45) is 23.2 Å². The number of rotatable bonds is 4. The molecule has 1 spiro atoms. The van der Waals surface area contributed by atoms with Crippen molar-refractivity contribution in [1.82, 2.24) is 10.6 Å². The van der Waals surface area contributed by atoms with E-state index in [1.807, 2.05) is 0 Å². The predicted octanol–water partition coefficient (Wildman–Crippen LogP) is 2.71. The minimum absolute atomic E-state index is 0.329. The van der Waals surface area contributed by atoms with Crippen LogP contribution in [0.4, 0.5) is 0 Å². The molecule has 2 saturated carbocycles. The van der Waals surface area contributed by atoms with E-state index in [0.29, 0.717) is 17.2 Å². The SMILES string of the molecule is CC1CCCC(CCNC(=O)C2CC23CCNCC3)C1. The Morgan fingerprint density at radius 3 is 2.85 bits per heavy atom. The Morgan fingerprint density at radius 2 is 2.10 bits per heavy atom. The molecule has 1 amide bonds. The van der Waals surface area contributed by atoms with Crippen LogP contribution in [0.5, 0.6) is 0 Å². The van der Waals surface area contributed by atoms with Crippen LogP contribution in [-0.2, 0) is 4.79 Å². The van der Waals surface area contributed by atoms with E-state index in [-0.39, 0.29) is 0 Å². The van der Waals surface area contributed by atoms with Crippen LogP contribution in [0, 0.1) is 23.2 Å². The van der Waals surface area contributed by atoms with Crippen molar-refractivity contribution in [2.75, 3.05) is 19.6 Å². The Morgan fingerprint density at radius 1 is 1.30 bits per heavy atom. The van der Waals surface area contributed by atoms with Gasteiger partial charge in [0.15, 0.2) is 0 Å². The van der Waals surface area contributed by atoms with E-state index in [4.69, 9.17) is 0 Å². The maximum atomic E-state index is 12.3. The first-order chi connectivity index (χ1) is 9.70. The van der Waals surface area contributed by atoms with Gasteiger partial charge in [0.2, 0.25) is 5.91 Å². The van der Waals surface area contributed by atoms with Gasteiger partial charge in [-0.05, 0) is 62.4 Å². The zero-order valence-electron chi connectivity index (χ0n) is 12.9. The van der Waals surface area contributed by atoms with Gasteiger partial charge in [-0.1, -0.05) is 26.2 Å². The molecule has 3 heteroatoms. The van der Waals surface area contributed by atoms with Crippen molar-refractivity contribution in [3.8, 4) is 0 Å². The van der Waals surface area contributed by atoms with Gasteiger partial charge < -0.3 is 10.6 Å². The molecular formula is C17H30N2O. The first kappa shape index (κ1) is 14.4. The number of hydrogen-bond acceptors (Lipinski definition) is 2. The molecule has 1 saturated heterocycles. The summed E-state index contributed by atoms with van der Waals surface area (Å²) in [5.74, 6) is 2.42. The fraction of sp³-hybridized carbons (Fsp3) is 0.941. The van der Waals surface area contributed by atoms with E-state index in [1.54, 1.807) is 0 Å². The van der Waals surface area contributed by atoms with Crippen LogP contribution in [0.3, 0.4) is 0 Å². The molecule has 114 valence electrons. The molecule has 1 aliphatic heterocycles. The summed E-state index contributed by atoms with van der Waals surface area (Å²) in [6, 6.07) is 0. The Labute approximate surface area is 123 Å². The summed E-state index contributed by atoms with van der Waals surface area (Å²) in [6.45, 7) is 5.48. The lowest BCUT2D eigenvalue weighted by molar-refractivity contribution is -0.123. The molecule has 0 bridgehead atoms. The Kier molecular flexibility index (Phi) is 4.34. The van der Waals surface area contributed by atoms with Gasteiger partial charge in [0, 0.05) is 12.5 Å². The van der Waals surface area contributed by atoms with Crippen LogP contribution < -0.4 is 10.6 Å². The molecule has 3 atom stereocenters. The lowest BCUT2D eigenvalue weighted by Gasteiger charge is -2.27. The molecule has 3 fully saturated rings. The summed E-state index contributed by atoms with van der Waals surface area (Å²) in [5, 5.41) is 6.62. The van der Waals surface area contributed by atoms with Crippen molar-refractivity contribution >= 4 is 5.91 Å². The molecule has 3 rings (SSSR count). The smallest absolute Gasteiger partial charge is 0.223 e. The summed E-state index contributed by atoms with van der Waals surface area (Å²) < 4.78 is 0. The second kappa shape index (κ2) is 6.05. The fourth-order valence-electron chi connectivity index (χ4n) is 4.54. The van der Waals surface area contributed by atoms with E-state index in [0.717, 1.165) is 37.9 Å². The summed E-state index contributed by atoms with van der Waals surface area (Å²) >= 11 is 0. The average Bonchev–Trinajstić information content (AvgIpc) is 3.13. The summed E-state index contributed by atoms with van der Waals surface area (Å²) in [7, 11) is 0. The molecule has 3 aliphatic rings. The normalized spacial score (nSPS) is 35.8. The quantitative estimate of drug-likeness (QED) is 0.830. The second-order valence-electron chi connectivity index (χ2n) is 7.59. The molecule has 2 aliphatic carbocycles. The topological polar surface area (TPSA) is 41.1 Å². The maximum Gasteiger partial charge on any atom is 0.223 e. The van der Waals surface area contributed by atoms with Gasteiger partial charge in [-0.3, -0.25) is 4.79 Å². The van der Waals surface area contributed by atoms with Gasteiger partial charge in [0.25, 0.3) is 0 Å². The zero-order chi connectivity index (χ0) is 14.0. The fourth-order valence-corrected chi connectivity index (χ4v) is 4.54. The molecule has 0 aromatic rings. The monoisotopic (exact) mass is 278 g/mol. The van der Waals surface area contributed by atoms with Gasteiger partial charge in [0.1, 0.15) is 0 Å². The Balaban J connectivity index is 1.36. The molecule has 0 radical (unpaired) electrons. The second-order valence-corrected chi connectivity index (χ2v) is 7.59. The maximum absolute atomic E-state index is 12.3. The molecule has 0 aromatic carbocycles. The van der Waals surface area contributed by atoms with Gasteiger partial charge in [-0.25, -0.2) is 0 Å². The molecule has 2 N–H and O–H groups in total. The largest absolute Gasteiger partial charge is 0.356 e. The molecule has 20 heavy (non-hydrogen) atoms. The predicted molar refractivity (Wildman–Crippen MR) is 81.4 cm³/mol. The van der Waals surface area contributed by atoms with Crippen molar-refractivity contribution in [3.63, 3.8) is 0 Å². The third kappa shape index (κ3) is 3.19. The van der Waals surface area contributed by atoms with E-state index in [9.17, 15) is 4.79 Å². The van der Waals surface area contributed by atoms with Crippen molar-refractivity contribution in [1.29, 1.82) is 0 Å². The van der Waals surface area contributed by atoms with E-state index < -0.39 is 0 Å². The summed E-state index contributed by atoms with van der Waals surface area (Å²) in [4.78, 5) is 12.3. The zero-order valence-corrected chi connectivity index (χ0v) is 12.9. The highest BCUT2D eigenvalue weighted by Crippen LogP contribution is 2.58. The third-order valence-electron chi connectivity index (χ3n) is 6.00.